The number of aryl methyl sites for hydroxylation is 1. The summed E-state index contributed by atoms with van der Waals surface area (Å²) in [6, 6.07) is 10.8. The van der Waals surface area contributed by atoms with Crippen molar-refractivity contribution < 1.29 is 13.2 Å². The number of nitrogens with one attached hydrogen (secondary N) is 1. The maximum absolute atomic E-state index is 12.6. The third kappa shape index (κ3) is 4.29. The molecule has 1 N–H and O–H groups in total. The van der Waals surface area contributed by atoms with Crippen LogP contribution in [0.3, 0.4) is 0 Å². The normalized spacial score (nSPS) is 15.9. The topological polar surface area (TPSA) is 66.5 Å². The van der Waals surface area contributed by atoms with Crippen LogP contribution in [0.1, 0.15) is 40.1 Å². The number of rotatable bonds is 5. The number of sulfonamides is 1. The van der Waals surface area contributed by atoms with Crippen molar-refractivity contribution in [2.75, 3.05) is 13.1 Å². The van der Waals surface area contributed by atoms with Gasteiger partial charge in [0.05, 0.1) is 6.54 Å². The maximum Gasteiger partial charge on any atom is 0.252 e. The number of thiophene rings is 1. The number of carbonyl (C=O) groups is 1. The summed E-state index contributed by atoms with van der Waals surface area (Å²) in [7, 11) is -3.40. The summed E-state index contributed by atoms with van der Waals surface area (Å²) >= 11 is 1.23. The van der Waals surface area contributed by atoms with Gasteiger partial charge in [0.2, 0.25) is 0 Å². The zero-order valence-corrected chi connectivity index (χ0v) is 15.8. The van der Waals surface area contributed by atoms with Gasteiger partial charge in [0, 0.05) is 23.5 Å². The Balaban J connectivity index is 1.64. The Hall–Kier alpha value is -1.70. The van der Waals surface area contributed by atoms with E-state index in [0.29, 0.717) is 29.4 Å². The second kappa shape index (κ2) is 7.68. The van der Waals surface area contributed by atoms with Crippen molar-refractivity contribution in [1.82, 2.24) is 9.62 Å². The average Bonchev–Trinajstić information content (AvgIpc) is 3.10. The highest BCUT2D eigenvalue weighted by molar-refractivity contribution is 7.91. The molecule has 3 rings (SSSR count). The monoisotopic (exact) mass is 378 g/mol. The van der Waals surface area contributed by atoms with Crippen molar-refractivity contribution >= 4 is 27.3 Å². The molecule has 1 aliphatic rings. The van der Waals surface area contributed by atoms with Gasteiger partial charge in [-0.15, -0.1) is 11.3 Å². The highest BCUT2D eigenvalue weighted by Crippen LogP contribution is 2.27. The first-order valence-corrected chi connectivity index (χ1v) is 10.7. The fraction of sp³-hybridized carbons (Fsp3) is 0.389. The molecule has 2 aromatic rings. The molecule has 7 heteroatoms. The van der Waals surface area contributed by atoms with Crippen molar-refractivity contribution in [2.45, 2.75) is 36.9 Å². The summed E-state index contributed by atoms with van der Waals surface area (Å²) in [5.41, 5.74) is 1.64. The lowest BCUT2D eigenvalue weighted by atomic mass is 10.1. The smallest absolute Gasteiger partial charge is 0.252 e. The Kier molecular flexibility index (Phi) is 5.56. The van der Waals surface area contributed by atoms with Gasteiger partial charge in [-0.3, -0.25) is 4.79 Å². The van der Waals surface area contributed by atoms with Crippen LogP contribution in [-0.4, -0.2) is 31.7 Å². The quantitative estimate of drug-likeness (QED) is 0.869. The fourth-order valence-corrected chi connectivity index (χ4v) is 5.85. The molecule has 2 heterocycles. The molecule has 134 valence electrons. The van der Waals surface area contributed by atoms with Gasteiger partial charge in [0.25, 0.3) is 15.9 Å². The van der Waals surface area contributed by atoms with Gasteiger partial charge in [-0.1, -0.05) is 24.1 Å². The van der Waals surface area contributed by atoms with E-state index in [1.165, 1.54) is 11.3 Å². The van der Waals surface area contributed by atoms with Gasteiger partial charge in [0.15, 0.2) is 0 Å². The molecule has 0 bridgehead atoms. The van der Waals surface area contributed by atoms with Crippen molar-refractivity contribution in [3.05, 3.63) is 52.4 Å². The van der Waals surface area contributed by atoms with Crippen LogP contribution in [0.4, 0.5) is 0 Å². The molecule has 1 fully saturated rings. The molecule has 0 saturated carbocycles. The molecular formula is C18H22N2O3S2. The summed E-state index contributed by atoms with van der Waals surface area (Å²) in [5.74, 6) is -0.155. The zero-order chi connectivity index (χ0) is 17.9. The first-order valence-electron chi connectivity index (χ1n) is 8.40. The van der Waals surface area contributed by atoms with Crippen LogP contribution < -0.4 is 5.32 Å². The fourth-order valence-electron chi connectivity index (χ4n) is 2.88. The zero-order valence-electron chi connectivity index (χ0n) is 14.2. The lowest BCUT2D eigenvalue weighted by molar-refractivity contribution is 0.0951. The Morgan fingerprint density at radius 1 is 1.16 bits per heavy atom. The molecule has 0 aliphatic carbocycles. The first-order chi connectivity index (χ1) is 12.0. The summed E-state index contributed by atoms with van der Waals surface area (Å²) in [6.07, 6.45) is 2.93. The molecule has 1 saturated heterocycles. The van der Waals surface area contributed by atoms with Crippen LogP contribution in [0, 0.1) is 6.92 Å². The third-order valence-electron chi connectivity index (χ3n) is 4.25. The SMILES string of the molecule is Cc1cccc(C(=O)NCc2ccc(S(=O)(=O)N3CCCCC3)s2)c1. The van der Waals surface area contributed by atoms with E-state index >= 15 is 0 Å². The number of benzene rings is 1. The van der Waals surface area contributed by atoms with Crippen LogP contribution in [0.5, 0.6) is 0 Å². The predicted octanol–water partition coefficient (Wildman–Crippen LogP) is 3.16. The number of hydrogen-bond acceptors (Lipinski definition) is 4. The summed E-state index contributed by atoms with van der Waals surface area (Å²) in [6.45, 7) is 3.46. The van der Waals surface area contributed by atoms with Crippen LogP contribution in [-0.2, 0) is 16.6 Å². The largest absolute Gasteiger partial charge is 0.347 e. The van der Waals surface area contributed by atoms with Crippen molar-refractivity contribution in [2.24, 2.45) is 0 Å². The van der Waals surface area contributed by atoms with Gasteiger partial charge < -0.3 is 5.32 Å². The first kappa shape index (κ1) is 18.1. The molecular weight excluding hydrogens is 356 g/mol. The number of hydrogen-bond donors (Lipinski definition) is 1. The number of piperidine rings is 1. The number of carbonyl (C=O) groups excluding carboxylic acids is 1. The molecule has 0 atom stereocenters. The predicted molar refractivity (Wildman–Crippen MR) is 99.3 cm³/mol. The molecule has 1 aromatic carbocycles. The Morgan fingerprint density at radius 3 is 2.64 bits per heavy atom. The minimum atomic E-state index is -3.40. The van der Waals surface area contributed by atoms with Crippen LogP contribution in [0.2, 0.25) is 0 Å². The molecule has 0 unspecified atom stereocenters. The summed E-state index contributed by atoms with van der Waals surface area (Å²) < 4.78 is 27.2. The number of nitrogens with zero attached hydrogens (tertiary/aromatic N) is 1. The van der Waals surface area contributed by atoms with E-state index in [4.69, 9.17) is 0 Å². The van der Waals surface area contributed by atoms with Gasteiger partial charge in [-0.2, -0.15) is 4.31 Å². The minimum Gasteiger partial charge on any atom is -0.347 e. The highest BCUT2D eigenvalue weighted by atomic mass is 32.2. The van der Waals surface area contributed by atoms with Gasteiger partial charge in [-0.05, 0) is 44.0 Å². The Labute approximate surface area is 152 Å². The van der Waals surface area contributed by atoms with E-state index in [1.54, 1.807) is 22.5 Å². The molecule has 25 heavy (non-hydrogen) atoms. The Bertz CT molecular complexity index is 853. The minimum absolute atomic E-state index is 0.155. The molecule has 0 spiro atoms. The molecule has 1 aromatic heterocycles. The van der Waals surface area contributed by atoms with Gasteiger partial charge in [0.1, 0.15) is 4.21 Å². The van der Waals surface area contributed by atoms with E-state index in [0.717, 1.165) is 29.7 Å². The van der Waals surface area contributed by atoms with E-state index in [-0.39, 0.29) is 5.91 Å². The number of amides is 1. The standard InChI is InChI=1S/C18H22N2O3S2/c1-14-6-5-7-15(12-14)18(21)19-13-16-8-9-17(24-16)25(22,23)20-10-3-2-4-11-20/h5-9,12H,2-4,10-11,13H2,1H3,(H,19,21). The van der Waals surface area contributed by atoms with Crippen LogP contribution >= 0.6 is 11.3 Å². The van der Waals surface area contributed by atoms with E-state index in [2.05, 4.69) is 5.32 Å². The molecule has 1 aliphatic heterocycles. The van der Waals surface area contributed by atoms with E-state index in [1.807, 2.05) is 25.1 Å². The summed E-state index contributed by atoms with van der Waals surface area (Å²) in [5, 5.41) is 2.85. The van der Waals surface area contributed by atoms with Crippen molar-refractivity contribution in [3.8, 4) is 0 Å². The third-order valence-corrected chi connectivity index (χ3v) is 7.70. The van der Waals surface area contributed by atoms with Gasteiger partial charge >= 0.3 is 0 Å². The van der Waals surface area contributed by atoms with Crippen molar-refractivity contribution in [3.63, 3.8) is 0 Å². The molecule has 5 nitrogen and oxygen atoms in total. The highest BCUT2D eigenvalue weighted by Gasteiger charge is 2.27. The summed E-state index contributed by atoms with van der Waals surface area (Å²) in [4.78, 5) is 13.0. The molecule has 1 amide bonds. The average molecular weight is 379 g/mol. The Morgan fingerprint density at radius 2 is 1.92 bits per heavy atom. The molecule has 0 radical (unpaired) electrons. The van der Waals surface area contributed by atoms with Crippen LogP contribution in [0.25, 0.3) is 0 Å². The van der Waals surface area contributed by atoms with E-state index in [9.17, 15) is 13.2 Å². The van der Waals surface area contributed by atoms with Crippen molar-refractivity contribution in [1.29, 1.82) is 0 Å². The van der Waals surface area contributed by atoms with Gasteiger partial charge in [-0.25, -0.2) is 8.42 Å². The van der Waals surface area contributed by atoms with E-state index < -0.39 is 10.0 Å². The second-order valence-corrected chi connectivity index (χ2v) is 9.57. The van der Waals surface area contributed by atoms with Crippen LogP contribution in [0.15, 0.2) is 40.6 Å². The lowest BCUT2D eigenvalue weighted by Crippen LogP contribution is -2.35. The lowest BCUT2D eigenvalue weighted by Gasteiger charge is -2.25. The second-order valence-electron chi connectivity index (χ2n) is 6.24. The maximum atomic E-state index is 12.6.